The Labute approximate surface area is 198 Å². The van der Waals surface area contributed by atoms with Gasteiger partial charge in [0, 0.05) is 62.8 Å². The molecule has 0 atom stereocenters. The number of nitrogens with one attached hydrogen (secondary N) is 1. The van der Waals surface area contributed by atoms with E-state index in [1.54, 1.807) is 22.2 Å². The van der Waals surface area contributed by atoms with Crippen molar-refractivity contribution in [3.8, 4) is 0 Å². The number of nitrogens with zero attached hydrogens (tertiary/aromatic N) is 4. The zero-order valence-electron chi connectivity index (χ0n) is 19.0. The van der Waals surface area contributed by atoms with Crippen LogP contribution in [0.4, 0.5) is 5.69 Å². The lowest BCUT2D eigenvalue weighted by Crippen LogP contribution is -2.48. The molecule has 0 bridgehead atoms. The molecular weight excluding hydrogens is 434 g/mol. The van der Waals surface area contributed by atoms with Crippen LogP contribution in [0, 0.1) is 0 Å². The zero-order chi connectivity index (χ0) is 22.6. The monoisotopic (exact) mass is 465 g/mol. The number of hydrogen-bond acceptors (Lipinski definition) is 6. The van der Waals surface area contributed by atoms with Gasteiger partial charge in [-0.05, 0) is 43.4 Å². The molecule has 174 valence electrons. The normalized spacial score (nSPS) is 16.7. The first kappa shape index (κ1) is 22.1. The predicted octanol–water partition coefficient (Wildman–Crippen LogP) is 2.67. The van der Waals surface area contributed by atoms with Gasteiger partial charge in [-0.25, -0.2) is 4.98 Å². The fourth-order valence-electron chi connectivity index (χ4n) is 4.87. The molecule has 2 aromatic heterocycles. The lowest BCUT2D eigenvalue weighted by Gasteiger charge is -2.36. The van der Waals surface area contributed by atoms with Gasteiger partial charge in [0.15, 0.2) is 0 Å². The van der Waals surface area contributed by atoms with Crippen LogP contribution in [0.15, 0.2) is 41.5 Å². The first-order chi connectivity index (χ1) is 16.2. The van der Waals surface area contributed by atoms with Crippen molar-refractivity contribution in [2.24, 2.45) is 0 Å². The van der Waals surface area contributed by atoms with Crippen molar-refractivity contribution in [2.75, 3.05) is 44.2 Å². The number of para-hydroxylation sites is 1. The molecule has 1 aliphatic heterocycles. The van der Waals surface area contributed by atoms with E-state index in [9.17, 15) is 9.59 Å². The van der Waals surface area contributed by atoms with Gasteiger partial charge < -0.3 is 10.2 Å². The number of anilines is 1. The molecule has 8 heteroatoms. The van der Waals surface area contributed by atoms with Crippen molar-refractivity contribution in [3.63, 3.8) is 0 Å². The van der Waals surface area contributed by atoms with E-state index in [1.807, 2.05) is 6.07 Å². The maximum Gasteiger partial charge on any atom is 0.262 e. The van der Waals surface area contributed by atoms with Crippen LogP contribution in [0.25, 0.3) is 10.2 Å². The molecule has 1 aliphatic carbocycles. The Morgan fingerprint density at radius 2 is 1.82 bits per heavy atom. The third kappa shape index (κ3) is 4.96. The van der Waals surface area contributed by atoms with Gasteiger partial charge in [-0.3, -0.25) is 19.1 Å². The fraction of sp³-hybridized carbons (Fsp3) is 0.480. The van der Waals surface area contributed by atoms with Crippen molar-refractivity contribution in [3.05, 3.63) is 57.5 Å². The van der Waals surface area contributed by atoms with Gasteiger partial charge in [-0.15, -0.1) is 11.3 Å². The Morgan fingerprint density at radius 3 is 2.64 bits per heavy atom. The molecule has 1 fully saturated rings. The molecule has 1 saturated heterocycles. The maximum absolute atomic E-state index is 13.0. The molecule has 5 rings (SSSR count). The van der Waals surface area contributed by atoms with Crippen LogP contribution in [-0.4, -0.2) is 59.6 Å². The summed E-state index contributed by atoms with van der Waals surface area (Å²) in [5, 5.41) is 3.80. The third-order valence-electron chi connectivity index (χ3n) is 6.77. The number of aromatic nitrogens is 2. The quantitative estimate of drug-likeness (QED) is 0.581. The molecule has 0 unspecified atom stereocenters. The molecule has 33 heavy (non-hydrogen) atoms. The van der Waals surface area contributed by atoms with Crippen LogP contribution in [0.3, 0.4) is 0 Å². The Bertz CT molecular complexity index is 1160. The number of rotatable bonds is 7. The van der Waals surface area contributed by atoms with Gasteiger partial charge in [-0.2, -0.15) is 0 Å². The molecule has 0 saturated carbocycles. The number of thiophene rings is 1. The minimum Gasteiger partial charge on any atom is -0.369 e. The summed E-state index contributed by atoms with van der Waals surface area (Å²) in [6.45, 7) is 5.85. The highest BCUT2D eigenvalue weighted by molar-refractivity contribution is 7.18. The zero-order valence-corrected chi connectivity index (χ0v) is 19.8. The summed E-state index contributed by atoms with van der Waals surface area (Å²) in [6, 6.07) is 10.5. The highest BCUT2D eigenvalue weighted by Gasteiger charge is 2.20. The number of fused-ring (bicyclic) bond motifs is 3. The summed E-state index contributed by atoms with van der Waals surface area (Å²) in [7, 11) is 0. The smallest absolute Gasteiger partial charge is 0.262 e. The summed E-state index contributed by atoms with van der Waals surface area (Å²) >= 11 is 1.66. The minimum absolute atomic E-state index is 0.00323. The van der Waals surface area contributed by atoms with Crippen molar-refractivity contribution in [1.29, 1.82) is 0 Å². The number of aryl methyl sites for hydroxylation is 3. The van der Waals surface area contributed by atoms with Gasteiger partial charge in [0.2, 0.25) is 5.91 Å². The van der Waals surface area contributed by atoms with Crippen LogP contribution in [0.5, 0.6) is 0 Å². The summed E-state index contributed by atoms with van der Waals surface area (Å²) in [5.41, 5.74) is 2.48. The number of carbonyl (C=O) groups is 1. The fourth-order valence-corrected chi connectivity index (χ4v) is 6.09. The van der Waals surface area contributed by atoms with Crippen LogP contribution in [-0.2, 0) is 24.2 Å². The number of benzene rings is 1. The summed E-state index contributed by atoms with van der Waals surface area (Å²) < 4.78 is 1.60. The number of carbonyl (C=O) groups excluding carboxylic acids is 1. The highest BCUT2D eigenvalue weighted by Crippen LogP contribution is 2.33. The Morgan fingerprint density at radius 1 is 1.03 bits per heavy atom. The third-order valence-corrected chi connectivity index (χ3v) is 7.97. The topological polar surface area (TPSA) is 70.5 Å². The van der Waals surface area contributed by atoms with Gasteiger partial charge in [0.25, 0.3) is 5.56 Å². The molecule has 0 radical (unpaired) electrons. The van der Waals surface area contributed by atoms with Crippen LogP contribution in [0.2, 0.25) is 0 Å². The van der Waals surface area contributed by atoms with Gasteiger partial charge in [-0.1, -0.05) is 18.2 Å². The van der Waals surface area contributed by atoms with E-state index in [-0.39, 0.29) is 11.5 Å². The second kappa shape index (κ2) is 10.1. The van der Waals surface area contributed by atoms with Crippen LogP contribution in [0.1, 0.15) is 29.7 Å². The van der Waals surface area contributed by atoms with Crippen molar-refractivity contribution < 1.29 is 4.79 Å². The second-order valence-electron chi connectivity index (χ2n) is 8.90. The van der Waals surface area contributed by atoms with Crippen molar-refractivity contribution in [1.82, 2.24) is 19.8 Å². The molecule has 1 aromatic carbocycles. The van der Waals surface area contributed by atoms with Crippen molar-refractivity contribution in [2.45, 2.75) is 38.6 Å². The standard InChI is InChI=1S/C25H31N5O2S/c31-22(26-11-13-28-14-16-29(17-15-28)19-6-2-1-3-7-19)10-12-30-18-27-24-23(25(30)32)20-8-4-5-9-21(20)33-24/h1-3,6-7,18H,4-5,8-17H2,(H,26,31). The molecule has 2 aliphatic rings. The van der Waals surface area contributed by atoms with Gasteiger partial charge in [0.05, 0.1) is 11.7 Å². The molecule has 1 N–H and O–H groups in total. The maximum atomic E-state index is 13.0. The first-order valence-electron chi connectivity index (χ1n) is 12.0. The molecule has 0 spiro atoms. The molecule has 1 amide bonds. The van der Waals surface area contributed by atoms with Crippen LogP contribution >= 0.6 is 11.3 Å². The SMILES string of the molecule is O=C(CCn1cnc2sc3c(c2c1=O)CCCC3)NCCN1CCN(c2ccccc2)CC1. The van der Waals surface area contributed by atoms with E-state index in [1.165, 1.54) is 22.5 Å². The first-order valence-corrected chi connectivity index (χ1v) is 12.8. The van der Waals surface area contributed by atoms with Gasteiger partial charge in [0.1, 0.15) is 4.83 Å². The summed E-state index contributed by atoms with van der Waals surface area (Å²) in [4.78, 5) is 36.9. The average molecular weight is 466 g/mol. The average Bonchev–Trinajstić information content (AvgIpc) is 3.24. The summed E-state index contributed by atoms with van der Waals surface area (Å²) in [6.07, 6.45) is 6.25. The lowest BCUT2D eigenvalue weighted by molar-refractivity contribution is -0.121. The van der Waals surface area contributed by atoms with Crippen LogP contribution < -0.4 is 15.8 Å². The minimum atomic E-state index is -0.0164. The number of hydrogen-bond donors (Lipinski definition) is 1. The van der Waals surface area contributed by atoms with E-state index in [4.69, 9.17) is 0 Å². The Hall–Kier alpha value is -2.71. The van der Waals surface area contributed by atoms with E-state index < -0.39 is 0 Å². The lowest BCUT2D eigenvalue weighted by atomic mass is 9.97. The predicted molar refractivity (Wildman–Crippen MR) is 133 cm³/mol. The van der Waals surface area contributed by atoms with Crippen molar-refractivity contribution >= 4 is 33.1 Å². The molecule has 3 heterocycles. The van der Waals surface area contributed by atoms with E-state index in [0.29, 0.717) is 19.5 Å². The molecular formula is C25H31N5O2S. The Balaban J connectivity index is 1.08. The van der Waals surface area contributed by atoms with E-state index in [2.05, 4.69) is 44.4 Å². The highest BCUT2D eigenvalue weighted by atomic mass is 32.1. The summed E-state index contributed by atoms with van der Waals surface area (Å²) in [5.74, 6) is -0.0164. The largest absolute Gasteiger partial charge is 0.369 e. The molecule has 3 aromatic rings. The van der Waals surface area contributed by atoms with Gasteiger partial charge >= 0.3 is 0 Å². The van der Waals surface area contributed by atoms with E-state index in [0.717, 1.165) is 62.2 Å². The second-order valence-corrected chi connectivity index (χ2v) is 9.98. The molecule has 7 nitrogen and oxygen atoms in total. The van der Waals surface area contributed by atoms with E-state index >= 15 is 0 Å². The Kier molecular flexibility index (Phi) is 6.73. The number of piperazine rings is 1. The number of amides is 1.